The lowest BCUT2D eigenvalue weighted by atomic mass is 9.94. The predicted octanol–water partition coefficient (Wildman–Crippen LogP) is 0.419. The van der Waals surface area contributed by atoms with E-state index in [1.54, 1.807) is 6.20 Å². The quantitative estimate of drug-likeness (QED) is 0.509. The van der Waals surface area contributed by atoms with Crippen LogP contribution in [0.25, 0.3) is 5.57 Å². The van der Waals surface area contributed by atoms with Gasteiger partial charge in [0, 0.05) is 11.8 Å². The second-order valence-electron chi connectivity index (χ2n) is 2.87. The molecule has 0 bridgehead atoms. The van der Waals surface area contributed by atoms with Crippen LogP contribution in [0.2, 0.25) is 0 Å². The Labute approximate surface area is 72.7 Å². The minimum atomic E-state index is 0.573. The number of rotatable bonds is 0. The van der Waals surface area contributed by atoms with E-state index in [0.29, 0.717) is 18.7 Å². The van der Waals surface area contributed by atoms with Crippen LogP contribution in [-0.4, -0.2) is 19.4 Å². The Morgan fingerprint density at radius 1 is 1.50 bits per heavy atom. The third-order valence-electron chi connectivity index (χ3n) is 1.86. The number of hydrogen-bond acceptors (Lipinski definition) is 2. The molecular formula is C9H8BNO. The normalized spacial score (nSPS) is 15.8. The van der Waals surface area contributed by atoms with Crippen LogP contribution in [0.5, 0.6) is 0 Å². The van der Waals surface area contributed by atoms with Gasteiger partial charge in [0.15, 0.2) is 0 Å². The molecule has 58 valence electrons. The Bertz CT molecular complexity index is 335. The van der Waals surface area contributed by atoms with Crippen LogP contribution in [0.15, 0.2) is 18.8 Å². The zero-order valence-electron chi connectivity index (χ0n) is 6.71. The molecule has 3 heteroatoms. The monoisotopic (exact) mass is 157 g/mol. The van der Waals surface area contributed by atoms with Crippen molar-refractivity contribution in [2.75, 3.05) is 6.61 Å². The van der Waals surface area contributed by atoms with E-state index in [1.165, 1.54) is 0 Å². The number of ether oxygens (including phenoxy) is 1. The molecule has 0 saturated carbocycles. The molecule has 0 aromatic carbocycles. The molecule has 2 rings (SSSR count). The first-order valence-corrected chi connectivity index (χ1v) is 3.77. The molecular weight excluding hydrogens is 149 g/mol. The maximum Gasteiger partial charge on any atom is 0.115 e. The zero-order valence-corrected chi connectivity index (χ0v) is 6.71. The maximum atomic E-state index is 5.58. The number of aromatic nitrogens is 1. The first kappa shape index (κ1) is 7.56. The van der Waals surface area contributed by atoms with Crippen molar-refractivity contribution in [3.8, 4) is 0 Å². The number of hydrogen-bond donors (Lipinski definition) is 0. The summed E-state index contributed by atoms with van der Waals surface area (Å²) in [5, 5.41) is 0. The number of nitrogens with zero attached hydrogens (tertiary/aromatic N) is 1. The number of pyridine rings is 1. The molecule has 0 unspecified atom stereocenters. The van der Waals surface area contributed by atoms with Crippen molar-refractivity contribution in [1.82, 2.24) is 4.98 Å². The zero-order chi connectivity index (χ0) is 8.55. The summed E-state index contributed by atoms with van der Waals surface area (Å²) in [6.45, 7) is 5.02. The minimum Gasteiger partial charge on any atom is -0.372 e. The average molecular weight is 157 g/mol. The van der Waals surface area contributed by atoms with E-state index >= 15 is 0 Å². The summed E-state index contributed by atoms with van der Waals surface area (Å²) < 4.78 is 5.27. The fourth-order valence-corrected chi connectivity index (χ4v) is 1.31. The molecule has 2 heterocycles. The molecule has 0 aliphatic carbocycles. The molecule has 12 heavy (non-hydrogen) atoms. The summed E-state index contributed by atoms with van der Waals surface area (Å²) in [5.74, 6) is 0. The van der Waals surface area contributed by atoms with Gasteiger partial charge in [-0.15, -0.1) is 0 Å². The fourth-order valence-electron chi connectivity index (χ4n) is 1.31. The molecule has 1 aliphatic heterocycles. The highest BCUT2D eigenvalue weighted by Gasteiger charge is 2.13. The summed E-state index contributed by atoms with van der Waals surface area (Å²) in [6.07, 6.45) is 1.65. The molecule has 2 radical (unpaired) electrons. The molecule has 0 atom stereocenters. The minimum absolute atomic E-state index is 0.573. The SMILES string of the molecule is [B]c1cnc2c(c1)COCC2=C. The third-order valence-corrected chi connectivity index (χ3v) is 1.86. The van der Waals surface area contributed by atoms with Crippen LogP contribution in [-0.2, 0) is 11.3 Å². The van der Waals surface area contributed by atoms with Gasteiger partial charge in [0.2, 0.25) is 0 Å². The predicted molar refractivity (Wildman–Crippen MR) is 48.3 cm³/mol. The van der Waals surface area contributed by atoms with Crippen molar-refractivity contribution in [2.24, 2.45) is 0 Å². The first-order chi connectivity index (χ1) is 5.77. The van der Waals surface area contributed by atoms with Gasteiger partial charge in [0.05, 0.1) is 18.9 Å². The highest BCUT2D eigenvalue weighted by Crippen LogP contribution is 2.20. The average Bonchev–Trinajstić information content (AvgIpc) is 2.04. The third kappa shape index (κ3) is 1.16. The van der Waals surface area contributed by atoms with Crippen molar-refractivity contribution in [3.63, 3.8) is 0 Å². The lowest BCUT2D eigenvalue weighted by Gasteiger charge is -2.17. The topological polar surface area (TPSA) is 22.1 Å². The largest absolute Gasteiger partial charge is 0.372 e. The van der Waals surface area contributed by atoms with Gasteiger partial charge in [0.25, 0.3) is 0 Å². The molecule has 1 aliphatic rings. The Kier molecular flexibility index (Phi) is 1.73. The summed E-state index contributed by atoms with van der Waals surface area (Å²) in [5.41, 5.74) is 3.57. The summed E-state index contributed by atoms with van der Waals surface area (Å²) in [4.78, 5) is 4.20. The van der Waals surface area contributed by atoms with Gasteiger partial charge in [0.1, 0.15) is 7.85 Å². The maximum absolute atomic E-state index is 5.58. The van der Waals surface area contributed by atoms with Crippen molar-refractivity contribution in [3.05, 3.63) is 30.1 Å². The summed E-state index contributed by atoms with van der Waals surface area (Å²) >= 11 is 0. The van der Waals surface area contributed by atoms with E-state index in [4.69, 9.17) is 12.6 Å². The van der Waals surface area contributed by atoms with Crippen LogP contribution < -0.4 is 5.46 Å². The summed E-state index contributed by atoms with van der Waals surface area (Å²) in [6, 6.07) is 1.88. The van der Waals surface area contributed by atoms with E-state index in [-0.39, 0.29) is 0 Å². The van der Waals surface area contributed by atoms with Gasteiger partial charge < -0.3 is 4.74 Å². The second kappa shape index (κ2) is 2.75. The van der Waals surface area contributed by atoms with E-state index in [1.807, 2.05) is 6.07 Å². The fraction of sp³-hybridized carbons (Fsp3) is 0.222. The van der Waals surface area contributed by atoms with Gasteiger partial charge in [-0.1, -0.05) is 18.1 Å². The molecule has 0 amide bonds. The highest BCUT2D eigenvalue weighted by molar-refractivity contribution is 6.32. The van der Waals surface area contributed by atoms with Crippen molar-refractivity contribution < 1.29 is 4.74 Å². The van der Waals surface area contributed by atoms with Crippen LogP contribution in [0.4, 0.5) is 0 Å². The Morgan fingerprint density at radius 3 is 3.17 bits per heavy atom. The van der Waals surface area contributed by atoms with Gasteiger partial charge in [-0.2, -0.15) is 0 Å². The molecule has 0 saturated heterocycles. The molecule has 0 spiro atoms. The Morgan fingerprint density at radius 2 is 2.33 bits per heavy atom. The van der Waals surface area contributed by atoms with Gasteiger partial charge in [-0.25, -0.2) is 0 Å². The van der Waals surface area contributed by atoms with Gasteiger partial charge in [-0.05, 0) is 5.57 Å². The molecule has 1 aromatic rings. The van der Waals surface area contributed by atoms with Crippen molar-refractivity contribution in [2.45, 2.75) is 6.61 Å². The van der Waals surface area contributed by atoms with E-state index in [0.717, 1.165) is 16.8 Å². The molecule has 1 aromatic heterocycles. The second-order valence-corrected chi connectivity index (χ2v) is 2.87. The van der Waals surface area contributed by atoms with Gasteiger partial charge >= 0.3 is 0 Å². The van der Waals surface area contributed by atoms with Crippen LogP contribution in [0.1, 0.15) is 11.3 Å². The first-order valence-electron chi connectivity index (χ1n) is 3.77. The van der Waals surface area contributed by atoms with Crippen molar-refractivity contribution in [1.29, 1.82) is 0 Å². The van der Waals surface area contributed by atoms with E-state index < -0.39 is 0 Å². The van der Waals surface area contributed by atoms with E-state index in [2.05, 4.69) is 11.6 Å². The van der Waals surface area contributed by atoms with Crippen molar-refractivity contribution >= 4 is 18.9 Å². The molecule has 0 fully saturated rings. The highest BCUT2D eigenvalue weighted by atomic mass is 16.5. The standard InChI is InChI=1S/C9H8BNO/c1-6-4-12-5-7-2-8(10)3-11-9(6)7/h2-3H,1,4-5H2. The lowest BCUT2D eigenvalue weighted by Crippen LogP contribution is -2.15. The Balaban J connectivity index is 2.53. The lowest BCUT2D eigenvalue weighted by molar-refractivity contribution is 0.145. The smallest absolute Gasteiger partial charge is 0.115 e. The van der Waals surface area contributed by atoms with Crippen LogP contribution in [0, 0.1) is 0 Å². The Hall–Kier alpha value is -1.09. The number of fused-ring (bicyclic) bond motifs is 1. The van der Waals surface area contributed by atoms with Crippen LogP contribution >= 0.6 is 0 Å². The van der Waals surface area contributed by atoms with E-state index in [9.17, 15) is 0 Å². The van der Waals surface area contributed by atoms with Crippen LogP contribution in [0.3, 0.4) is 0 Å². The summed E-state index contributed by atoms with van der Waals surface area (Å²) in [7, 11) is 5.58. The molecule has 2 nitrogen and oxygen atoms in total. The molecule has 0 N–H and O–H groups in total. The van der Waals surface area contributed by atoms with Gasteiger partial charge in [-0.3, -0.25) is 4.98 Å².